The predicted octanol–water partition coefficient (Wildman–Crippen LogP) is 2.78. The van der Waals surface area contributed by atoms with E-state index in [9.17, 15) is 9.59 Å². The van der Waals surface area contributed by atoms with Gasteiger partial charge in [-0.15, -0.1) is 0 Å². The van der Waals surface area contributed by atoms with Gasteiger partial charge in [-0.3, -0.25) is 4.79 Å². The number of carbonyl (C=O) groups is 2. The Balaban J connectivity index is 1.82. The van der Waals surface area contributed by atoms with Crippen LogP contribution in [0, 0.1) is 17.3 Å². The lowest BCUT2D eigenvalue weighted by Gasteiger charge is -2.48. The average Bonchev–Trinajstić information content (AvgIpc) is 2.68. The zero-order chi connectivity index (χ0) is 15.2. The largest absolute Gasteiger partial charge is 0.461 e. The first-order chi connectivity index (χ1) is 9.90. The number of allylic oxidation sites excluding steroid dienone is 1. The monoisotopic (exact) mass is 290 g/mol. The van der Waals surface area contributed by atoms with Gasteiger partial charge in [-0.2, -0.15) is 0 Å². The summed E-state index contributed by atoms with van der Waals surface area (Å²) in [6, 6.07) is 0. The summed E-state index contributed by atoms with van der Waals surface area (Å²) in [6.07, 6.45) is 6.03. The normalized spacial score (nSPS) is 38.2. The number of rotatable bonds is 2. The fourth-order valence-electron chi connectivity index (χ4n) is 4.24. The van der Waals surface area contributed by atoms with Crippen molar-refractivity contribution < 1.29 is 19.1 Å². The summed E-state index contributed by atoms with van der Waals surface area (Å²) < 4.78 is 10.7. The highest BCUT2D eigenvalue weighted by Crippen LogP contribution is 2.55. The van der Waals surface area contributed by atoms with E-state index in [1.54, 1.807) is 0 Å². The molecule has 1 saturated carbocycles. The van der Waals surface area contributed by atoms with Crippen LogP contribution in [0.5, 0.6) is 0 Å². The van der Waals surface area contributed by atoms with Crippen LogP contribution >= 0.6 is 0 Å². The Labute approximate surface area is 125 Å². The van der Waals surface area contributed by atoms with Crippen LogP contribution < -0.4 is 0 Å². The van der Waals surface area contributed by atoms with Crippen molar-refractivity contribution in [1.82, 2.24) is 0 Å². The molecule has 1 heterocycles. The molecule has 1 aliphatic heterocycles. The van der Waals surface area contributed by atoms with Gasteiger partial charge in [0, 0.05) is 18.4 Å². The minimum Gasteiger partial charge on any atom is -0.461 e. The first-order valence-corrected chi connectivity index (χ1v) is 7.63. The third-order valence-corrected chi connectivity index (χ3v) is 5.43. The lowest BCUT2D eigenvalue weighted by Crippen LogP contribution is -2.43. The van der Waals surface area contributed by atoms with Gasteiger partial charge in [-0.1, -0.05) is 19.6 Å². The van der Waals surface area contributed by atoms with Gasteiger partial charge in [0.1, 0.15) is 12.7 Å². The Morgan fingerprint density at radius 1 is 1.57 bits per heavy atom. The topological polar surface area (TPSA) is 52.6 Å². The SMILES string of the molecule is C=C1C(=O)OC2CC3(C)CCC=C(COC(C)=O)C3CC12. The van der Waals surface area contributed by atoms with Crippen molar-refractivity contribution in [2.45, 2.75) is 45.6 Å². The molecule has 114 valence electrons. The third-order valence-electron chi connectivity index (χ3n) is 5.43. The maximum absolute atomic E-state index is 11.7. The van der Waals surface area contributed by atoms with Crippen LogP contribution in [0.3, 0.4) is 0 Å². The van der Waals surface area contributed by atoms with Crippen LogP contribution in [-0.4, -0.2) is 24.6 Å². The highest BCUT2D eigenvalue weighted by molar-refractivity contribution is 5.90. The zero-order valence-corrected chi connectivity index (χ0v) is 12.7. The molecule has 21 heavy (non-hydrogen) atoms. The second-order valence-electron chi connectivity index (χ2n) is 6.82. The third kappa shape index (κ3) is 2.41. The van der Waals surface area contributed by atoms with Crippen molar-refractivity contribution in [2.75, 3.05) is 6.61 Å². The molecule has 2 fully saturated rings. The first-order valence-electron chi connectivity index (χ1n) is 7.63. The average molecular weight is 290 g/mol. The molecule has 0 aromatic heterocycles. The summed E-state index contributed by atoms with van der Waals surface area (Å²) in [7, 11) is 0. The van der Waals surface area contributed by atoms with Gasteiger partial charge >= 0.3 is 11.9 Å². The molecule has 3 rings (SSSR count). The van der Waals surface area contributed by atoms with Gasteiger partial charge in [0.05, 0.1) is 0 Å². The Morgan fingerprint density at radius 2 is 2.33 bits per heavy atom. The van der Waals surface area contributed by atoms with Crippen LogP contribution in [0.2, 0.25) is 0 Å². The number of ether oxygens (including phenoxy) is 2. The molecular weight excluding hydrogens is 268 g/mol. The van der Waals surface area contributed by atoms with Crippen molar-refractivity contribution in [3.05, 3.63) is 23.8 Å². The number of hydrogen-bond acceptors (Lipinski definition) is 4. The minimum atomic E-state index is -0.249. The fourth-order valence-corrected chi connectivity index (χ4v) is 4.24. The summed E-state index contributed by atoms with van der Waals surface area (Å²) in [5, 5.41) is 0. The lowest BCUT2D eigenvalue weighted by molar-refractivity contribution is -0.143. The summed E-state index contributed by atoms with van der Waals surface area (Å²) in [6.45, 7) is 7.97. The highest BCUT2D eigenvalue weighted by atomic mass is 16.6. The quantitative estimate of drug-likeness (QED) is 0.446. The van der Waals surface area contributed by atoms with E-state index in [0.29, 0.717) is 18.1 Å². The van der Waals surface area contributed by atoms with Gasteiger partial charge < -0.3 is 9.47 Å². The molecule has 2 aliphatic carbocycles. The molecular formula is C17H22O4. The fraction of sp³-hybridized carbons (Fsp3) is 0.647. The van der Waals surface area contributed by atoms with E-state index >= 15 is 0 Å². The van der Waals surface area contributed by atoms with Crippen molar-refractivity contribution in [3.63, 3.8) is 0 Å². The molecule has 4 atom stereocenters. The number of hydrogen-bond donors (Lipinski definition) is 0. The minimum absolute atomic E-state index is 0.0145. The van der Waals surface area contributed by atoms with Crippen LogP contribution in [0.15, 0.2) is 23.8 Å². The van der Waals surface area contributed by atoms with Gasteiger partial charge in [0.2, 0.25) is 0 Å². The van der Waals surface area contributed by atoms with E-state index < -0.39 is 0 Å². The van der Waals surface area contributed by atoms with Crippen LogP contribution in [0.1, 0.15) is 39.5 Å². The van der Waals surface area contributed by atoms with Gasteiger partial charge in [0.15, 0.2) is 0 Å². The zero-order valence-electron chi connectivity index (χ0n) is 12.7. The number of fused-ring (bicyclic) bond motifs is 2. The summed E-state index contributed by atoms with van der Waals surface area (Å²) >= 11 is 0. The van der Waals surface area contributed by atoms with E-state index in [1.807, 2.05) is 0 Å². The van der Waals surface area contributed by atoms with Gasteiger partial charge in [0.25, 0.3) is 0 Å². The Bertz CT molecular complexity index is 533. The smallest absolute Gasteiger partial charge is 0.334 e. The molecule has 4 heteroatoms. The van der Waals surface area contributed by atoms with Gasteiger partial charge in [-0.25, -0.2) is 4.79 Å². The van der Waals surface area contributed by atoms with Crippen molar-refractivity contribution in [2.24, 2.45) is 17.3 Å². The molecule has 0 aromatic carbocycles. The van der Waals surface area contributed by atoms with Crippen molar-refractivity contribution in [1.29, 1.82) is 0 Å². The van der Waals surface area contributed by atoms with Crippen molar-refractivity contribution >= 4 is 11.9 Å². The molecule has 0 N–H and O–H groups in total. The molecule has 4 unspecified atom stereocenters. The molecule has 0 bridgehead atoms. The number of esters is 2. The molecule has 3 aliphatic rings. The van der Waals surface area contributed by atoms with E-state index in [1.165, 1.54) is 12.5 Å². The summed E-state index contributed by atoms with van der Waals surface area (Å²) in [5.74, 6) is -0.0223. The Morgan fingerprint density at radius 3 is 3.05 bits per heavy atom. The maximum atomic E-state index is 11.7. The van der Waals surface area contributed by atoms with E-state index in [-0.39, 0.29) is 29.4 Å². The molecule has 0 amide bonds. The molecule has 0 spiro atoms. The van der Waals surface area contributed by atoms with Crippen LogP contribution in [0.25, 0.3) is 0 Å². The lowest BCUT2D eigenvalue weighted by atomic mass is 9.57. The van der Waals surface area contributed by atoms with Crippen LogP contribution in [-0.2, 0) is 19.1 Å². The second-order valence-corrected chi connectivity index (χ2v) is 6.82. The highest BCUT2D eigenvalue weighted by Gasteiger charge is 2.52. The summed E-state index contributed by atoms with van der Waals surface area (Å²) in [5.41, 5.74) is 1.93. The summed E-state index contributed by atoms with van der Waals surface area (Å²) in [4.78, 5) is 22.8. The molecule has 0 aromatic rings. The standard InChI is InChI=1S/C17H22O4/c1-10-13-7-14-12(9-20-11(2)18)5-4-6-17(14,3)8-15(13)21-16(10)19/h5,13-15H,1,4,6-9H2,2-3H3. The van der Waals surface area contributed by atoms with Gasteiger partial charge in [-0.05, 0) is 42.6 Å². The molecule has 1 saturated heterocycles. The van der Waals surface area contributed by atoms with E-state index in [4.69, 9.17) is 9.47 Å². The maximum Gasteiger partial charge on any atom is 0.334 e. The second kappa shape index (κ2) is 5.00. The van der Waals surface area contributed by atoms with Crippen LogP contribution in [0.4, 0.5) is 0 Å². The molecule has 4 nitrogen and oxygen atoms in total. The molecule has 0 radical (unpaired) electrons. The Hall–Kier alpha value is -1.58. The van der Waals surface area contributed by atoms with E-state index in [0.717, 1.165) is 25.7 Å². The predicted molar refractivity (Wildman–Crippen MR) is 77.3 cm³/mol. The Kier molecular flexibility index (Phi) is 3.42. The van der Waals surface area contributed by atoms with Crippen molar-refractivity contribution in [3.8, 4) is 0 Å². The number of carbonyl (C=O) groups excluding carboxylic acids is 2. The van der Waals surface area contributed by atoms with E-state index in [2.05, 4.69) is 19.6 Å². The first kappa shape index (κ1) is 14.4.